The quantitative estimate of drug-likeness (QED) is 0.858. The summed E-state index contributed by atoms with van der Waals surface area (Å²) >= 11 is 5.70. The lowest BCUT2D eigenvalue weighted by Crippen LogP contribution is -2.43. The second kappa shape index (κ2) is 6.30. The first-order valence-electron chi connectivity index (χ1n) is 4.96. The molecule has 0 aliphatic rings. The summed E-state index contributed by atoms with van der Waals surface area (Å²) in [6.45, 7) is -1.24. The lowest BCUT2D eigenvalue weighted by Gasteiger charge is -2.11. The summed E-state index contributed by atoms with van der Waals surface area (Å²) in [5.74, 6) is -2.98. The smallest absolute Gasteiger partial charge is 0.328 e. The molecule has 0 aliphatic heterocycles. The van der Waals surface area contributed by atoms with E-state index in [-0.39, 0.29) is 10.6 Å². The molecule has 4 nitrogen and oxygen atoms in total. The maximum atomic E-state index is 13.3. The first kappa shape index (κ1) is 14.4. The molecule has 1 rings (SSSR count). The molecule has 0 aliphatic carbocycles. The highest BCUT2D eigenvalue weighted by molar-refractivity contribution is 6.31. The molecule has 0 bridgehead atoms. The van der Waals surface area contributed by atoms with E-state index in [0.29, 0.717) is 0 Å². The van der Waals surface area contributed by atoms with Gasteiger partial charge in [0.2, 0.25) is 5.91 Å². The van der Waals surface area contributed by atoms with Crippen LogP contribution in [0.5, 0.6) is 0 Å². The molecule has 0 saturated carbocycles. The van der Waals surface area contributed by atoms with Gasteiger partial charge in [0.1, 0.15) is 12.5 Å². The van der Waals surface area contributed by atoms with Gasteiger partial charge in [-0.05, 0) is 12.1 Å². The van der Waals surface area contributed by atoms with E-state index in [4.69, 9.17) is 16.7 Å². The third-order valence-corrected chi connectivity index (χ3v) is 2.54. The van der Waals surface area contributed by atoms with Gasteiger partial charge in [0, 0.05) is 10.6 Å². The zero-order chi connectivity index (χ0) is 13.7. The summed E-state index contributed by atoms with van der Waals surface area (Å²) in [5.41, 5.74) is -0.0559. The molecular formula is C11H10ClF2NO3. The average molecular weight is 278 g/mol. The van der Waals surface area contributed by atoms with E-state index in [1.807, 2.05) is 5.32 Å². The molecule has 18 heavy (non-hydrogen) atoms. The normalized spacial score (nSPS) is 11.9. The van der Waals surface area contributed by atoms with Crippen LogP contribution in [0, 0.1) is 5.82 Å². The van der Waals surface area contributed by atoms with Crippen LogP contribution in [-0.4, -0.2) is 29.7 Å². The molecular weight excluding hydrogens is 268 g/mol. The lowest BCUT2D eigenvalue weighted by molar-refractivity contribution is -0.142. The second-order valence-corrected chi connectivity index (χ2v) is 3.90. The van der Waals surface area contributed by atoms with Crippen LogP contribution in [0.4, 0.5) is 8.78 Å². The van der Waals surface area contributed by atoms with Crippen molar-refractivity contribution in [2.75, 3.05) is 6.67 Å². The molecule has 1 amide bonds. The van der Waals surface area contributed by atoms with Gasteiger partial charge in [0.05, 0.1) is 6.42 Å². The molecule has 0 spiro atoms. The number of carboxylic acid groups (broad SMARTS) is 1. The SMILES string of the molecule is O=C(Cc1c(F)cccc1Cl)NC(CF)C(=O)O. The van der Waals surface area contributed by atoms with Crippen molar-refractivity contribution in [1.29, 1.82) is 0 Å². The van der Waals surface area contributed by atoms with Crippen molar-refractivity contribution < 1.29 is 23.5 Å². The van der Waals surface area contributed by atoms with Crippen LogP contribution in [0.3, 0.4) is 0 Å². The van der Waals surface area contributed by atoms with E-state index in [1.165, 1.54) is 12.1 Å². The van der Waals surface area contributed by atoms with Crippen molar-refractivity contribution >= 4 is 23.5 Å². The molecule has 2 N–H and O–H groups in total. The fourth-order valence-electron chi connectivity index (χ4n) is 1.27. The highest BCUT2D eigenvalue weighted by Crippen LogP contribution is 2.19. The van der Waals surface area contributed by atoms with Crippen molar-refractivity contribution in [2.24, 2.45) is 0 Å². The number of aliphatic carboxylic acids is 1. The number of hydrogen-bond acceptors (Lipinski definition) is 2. The predicted molar refractivity (Wildman–Crippen MR) is 60.7 cm³/mol. The number of nitrogens with one attached hydrogen (secondary N) is 1. The first-order chi connectivity index (χ1) is 8.45. The average Bonchev–Trinajstić information content (AvgIpc) is 2.30. The fourth-order valence-corrected chi connectivity index (χ4v) is 1.50. The maximum absolute atomic E-state index is 13.3. The number of alkyl halides is 1. The zero-order valence-corrected chi connectivity index (χ0v) is 9.88. The summed E-state index contributed by atoms with van der Waals surface area (Å²) in [6, 6.07) is 2.26. The summed E-state index contributed by atoms with van der Waals surface area (Å²) < 4.78 is 25.6. The first-order valence-corrected chi connectivity index (χ1v) is 5.34. The lowest BCUT2D eigenvalue weighted by atomic mass is 10.1. The monoisotopic (exact) mass is 277 g/mol. The Bertz CT molecular complexity index is 447. The van der Waals surface area contributed by atoms with Gasteiger partial charge < -0.3 is 10.4 Å². The van der Waals surface area contributed by atoms with Crippen LogP contribution in [0.1, 0.15) is 5.56 Å². The fraction of sp³-hybridized carbons (Fsp3) is 0.273. The van der Waals surface area contributed by atoms with E-state index < -0.39 is 36.8 Å². The van der Waals surface area contributed by atoms with Gasteiger partial charge in [0.15, 0.2) is 6.04 Å². The molecule has 7 heteroatoms. The predicted octanol–water partition coefficient (Wildman–Crippen LogP) is 1.56. The van der Waals surface area contributed by atoms with Crippen LogP contribution in [0.2, 0.25) is 5.02 Å². The molecule has 0 fully saturated rings. The number of hydrogen-bond donors (Lipinski definition) is 2. The Kier molecular flexibility index (Phi) is 5.03. The molecule has 1 unspecified atom stereocenters. The van der Waals surface area contributed by atoms with Crippen LogP contribution in [0.25, 0.3) is 0 Å². The minimum absolute atomic E-state index is 0.0530. The molecule has 1 aromatic rings. The molecule has 98 valence electrons. The molecule has 0 heterocycles. The Morgan fingerprint density at radius 1 is 1.44 bits per heavy atom. The number of carboxylic acids is 1. The minimum Gasteiger partial charge on any atom is -0.480 e. The number of carbonyl (C=O) groups excluding carboxylic acids is 1. The molecule has 0 saturated heterocycles. The third-order valence-electron chi connectivity index (χ3n) is 2.19. The highest BCUT2D eigenvalue weighted by atomic mass is 35.5. The van der Waals surface area contributed by atoms with Crippen LogP contribution in [-0.2, 0) is 16.0 Å². The van der Waals surface area contributed by atoms with Crippen molar-refractivity contribution in [2.45, 2.75) is 12.5 Å². The van der Waals surface area contributed by atoms with Gasteiger partial charge in [0.25, 0.3) is 0 Å². The van der Waals surface area contributed by atoms with Gasteiger partial charge in [-0.25, -0.2) is 13.6 Å². The zero-order valence-electron chi connectivity index (χ0n) is 9.12. The van der Waals surface area contributed by atoms with Gasteiger partial charge >= 0.3 is 5.97 Å². The number of halogens is 3. The Hall–Kier alpha value is -1.69. The topological polar surface area (TPSA) is 66.4 Å². The summed E-state index contributed by atoms with van der Waals surface area (Å²) in [7, 11) is 0. The van der Waals surface area contributed by atoms with Gasteiger partial charge in [-0.15, -0.1) is 0 Å². The standard InChI is InChI=1S/C11H10ClF2NO3/c12-7-2-1-3-8(14)6(7)4-10(16)15-9(5-13)11(17)18/h1-3,9H,4-5H2,(H,15,16)(H,17,18). The molecule has 1 atom stereocenters. The summed E-state index contributed by atoms with van der Waals surface area (Å²) in [6.07, 6.45) is -0.449. The van der Waals surface area contributed by atoms with Crippen molar-refractivity contribution in [3.05, 3.63) is 34.6 Å². The largest absolute Gasteiger partial charge is 0.480 e. The van der Waals surface area contributed by atoms with E-state index in [0.717, 1.165) is 6.07 Å². The number of rotatable bonds is 5. The summed E-state index contributed by atoms with van der Waals surface area (Å²) in [5, 5.41) is 10.5. The highest BCUT2D eigenvalue weighted by Gasteiger charge is 2.20. The Labute approximate surface area is 107 Å². The Morgan fingerprint density at radius 3 is 2.61 bits per heavy atom. The van der Waals surface area contributed by atoms with Gasteiger partial charge in [-0.3, -0.25) is 4.79 Å². The van der Waals surface area contributed by atoms with Crippen LogP contribution in [0.15, 0.2) is 18.2 Å². The molecule has 0 radical (unpaired) electrons. The Balaban J connectivity index is 2.73. The Morgan fingerprint density at radius 2 is 2.11 bits per heavy atom. The third kappa shape index (κ3) is 3.66. The second-order valence-electron chi connectivity index (χ2n) is 3.49. The van der Waals surface area contributed by atoms with Crippen molar-refractivity contribution in [3.8, 4) is 0 Å². The van der Waals surface area contributed by atoms with E-state index >= 15 is 0 Å². The van der Waals surface area contributed by atoms with E-state index in [9.17, 15) is 18.4 Å². The minimum atomic E-state index is -1.64. The molecule has 0 aromatic heterocycles. The van der Waals surface area contributed by atoms with Gasteiger partial charge in [-0.2, -0.15) is 0 Å². The maximum Gasteiger partial charge on any atom is 0.328 e. The van der Waals surface area contributed by atoms with E-state index in [1.54, 1.807) is 0 Å². The molecule has 1 aromatic carbocycles. The van der Waals surface area contributed by atoms with Crippen LogP contribution >= 0.6 is 11.6 Å². The summed E-state index contributed by atoms with van der Waals surface area (Å²) in [4.78, 5) is 21.9. The van der Waals surface area contributed by atoms with E-state index in [2.05, 4.69) is 0 Å². The van der Waals surface area contributed by atoms with Crippen molar-refractivity contribution in [3.63, 3.8) is 0 Å². The van der Waals surface area contributed by atoms with Gasteiger partial charge in [-0.1, -0.05) is 17.7 Å². The number of carbonyl (C=O) groups is 2. The van der Waals surface area contributed by atoms with Crippen molar-refractivity contribution in [1.82, 2.24) is 5.32 Å². The number of benzene rings is 1. The van der Waals surface area contributed by atoms with Crippen LogP contribution < -0.4 is 5.32 Å². The number of amides is 1.